The lowest BCUT2D eigenvalue weighted by atomic mass is 10.2. The number of nitrogens with one attached hydrogen (secondary N) is 1. The van der Waals surface area contributed by atoms with Crippen molar-refractivity contribution in [2.45, 2.75) is 6.54 Å². The van der Waals surface area contributed by atoms with E-state index in [1.807, 2.05) is 24.3 Å². The quantitative estimate of drug-likeness (QED) is 0.796. The van der Waals surface area contributed by atoms with Gasteiger partial charge in [-0.25, -0.2) is 0 Å². The molecule has 0 spiro atoms. The maximum Gasteiger partial charge on any atom is 0.234 e. The Bertz CT molecular complexity index is 793. The number of piperazine rings is 1. The molecule has 1 aliphatic heterocycles. The second-order valence-electron chi connectivity index (χ2n) is 6.48. The number of methoxy groups -OCH3 is 1. The van der Waals surface area contributed by atoms with Gasteiger partial charge in [-0.15, -0.1) is 0 Å². The molecule has 0 atom stereocenters. The molecule has 3 rings (SSSR count). The topological polar surface area (TPSA) is 44.8 Å². The van der Waals surface area contributed by atoms with Crippen LogP contribution in [0, 0.1) is 0 Å². The first-order valence-electron chi connectivity index (χ1n) is 8.87. The van der Waals surface area contributed by atoms with Gasteiger partial charge in [0.25, 0.3) is 0 Å². The van der Waals surface area contributed by atoms with Crippen molar-refractivity contribution in [3.05, 3.63) is 58.1 Å². The third-order valence-electron chi connectivity index (χ3n) is 4.65. The summed E-state index contributed by atoms with van der Waals surface area (Å²) in [5.74, 6) is 0.853. The lowest BCUT2D eigenvalue weighted by Crippen LogP contribution is -2.49. The van der Waals surface area contributed by atoms with Crippen LogP contribution in [-0.2, 0) is 11.3 Å². The zero-order valence-corrected chi connectivity index (χ0v) is 16.8. The molecule has 1 N–H and O–H groups in total. The second-order valence-corrected chi connectivity index (χ2v) is 7.32. The molecular formula is C20H23Cl2N3O2. The Morgan fingerprint density at radius 1 is 1.11 bits per heavy atom. The zero-order valence-electron chi connectivity index (χ0n) is 15.3. The van der Waals surface area contributed by atoms with Crippen LogP contribution in [0.2, 0.25) is 10.0 Å². The van der Waals surface area contributed by atoms with Gasteiger partial charge in [0.1, 0.15) is 5.75 Å². The van der Waals surface area contributed by atoms with Gasteiger partial charge in [0, 0.05) is 54.5 Å². The Morgan fingerprint density at radius 3 is 2.59 bits per heavy atom. The molecule has 1 heterocycles. The molecular weight excluding hydrogens is 385 g/mol. The standard InChI is InChI=1S/C20H23Cl2N3O2/c1-27-18-4-2-3-17(12-18)25-9-7-24(8-10-25)14-20(26)23-13-15-5-6-16(21)11-19(15)22/h2-6,11-12H,7-10,13-14H2,1H3,(H,23,26). The predicted octanol–water partition coefficient (Wildman–Crippen LogP) is 3.44. The van der Waals surface area contributed by atoms with Crippen LogP contribution in [0.15, 0.2) is 42.5 Å². The van der Waals surface area contributed by atoms with E-state index in [1.54, 1.807) is 19.2 Å². The highest BCUT2D eigenvalue weighted by atomic mass is 35.5. The van der Waals surface area contributed by atoms with Gasteiger partial charge < -0.3 is 15.0 Å². The number of ether oxygens (including phenoxy) is 1. The predicted molar refractivity (Wildman–Crippen MR) is 110 cm³/mol. The fraction of sp³-hybridized carbons (Fsp3) is 0.350. The number of benzene rings is 2. The number of carbonyl (C=O) groups excluding carboxylic acids is 1. The largest absolute Gasteiger partial charge is 0.497 e. The van der Waals surface area contributed by atoms with Crippen LogP contribution in [0.5, 0.6) is 5.75 Å². The number of nitrogens with zero attached hydrogens (tertiary/aromatic N) is 2. The number of rotatable bonds is 6. The van der Waals surface area contributed by atoms with Crippen molar-refractivity contribution < 1.29 is 9.53 Å². The number of amides is 1. The van der Waals surface area contributed by atoms with Crippen LogP contribution in [0.3, 0.4) is 0 Å². The van der Waals surface area contributed by atoms with Gasteiger partial charge in [0.2, 0.25) is 5.91 Å². The number of hydrogen-bond acceptors (Lipinski definition) is 4. The summed E-state index contributed by atoms with van der Waals surface area (Å²) in [6.45, 7) is 4.22. The Balaban J connectivity index is 1.45. The van der Waals surface area contributed by atoms with Crippen LogP contribution in [0.25, 0.3) is 0 Å². The number of carbonyl (C=O) groups is 1. The summed E-state index contributed by atoms with van der Waals surface area (Å²) in [5, 5.41) is 4.08. The van der Waals surface area contributed by atoms with Crippen molar-refractivity contribution in [1.82, 2.24) is 10.2 Å². The molecule has 27 heavy (non-hydrogen) atoms. The summed E-state index contributed by atoms with van der Waals surface area (Å²) in [5.41, 5.74) is 2.01. The minimum absolute atomic E-state index is 0.00385. The molecule has 0 saturated carbocycles. The van der Waals surface area contributed by atoms with Gasteiger partial charge in [-0.2, -0.15) is 0 Å². The lowest BCUT2D eigenvalue weighted by molar-refractivity contribution is -0.122. The molecule has 7 heteroatoms. The molecule has 1 fully saturated rings. The minimum Gasteiger partial charge on any atom is -0.497 e. The molecule has 0 unspecified atom stereocenters. The fourth-order valence-corrected chi connectivity index (χ4v) is 3.56. The van der Waals surface area contributed by atoms with Crippen molar-refractivity contribution in [2.24, 2.45) is 0 Å². The van der Waals surface area contributed by atoms with E-state index < -0.39 is 0 Å². The first-order chi connectivity index (χ1) is 13.0. The summed E-state index contributed by atoms with van der Waals surface area (Å²) >= 11 is 12.0. The van der Waals surface area contributed by atoms with E-state index in [9.17, 15) is 4.79 Å². The van der Waals surface area contributed by atoms with Crippen molar-refractivity contribution in [3.8, 4) is 5.75 Å². The van der Waals surface area contributed by atoms with Crippen molar-refractivity contribution >= 4 is 34.8 Å². The molecule has 1 saturated heterocycles. The Hall–Kier alpha value is -1.95. The van der Waals surface area contributed by atoms with E-state index in [0.717, 1.165) is 43.2 Å². The van der Waals surface area contributed by atoms with Crippen molar-refractivity contribution in [3.63, 3.8) is 0 Å². The Morgan fingerprint density at radius 2 is 1.89 bits per heavy atom. The van der Waals surface area contributed by atoms with Gasteiger partial charge in [-0.05, 0) is 29.8 Å². The Kier molecular flexibility index (Phi) is 6.83. The zero-order chi connectivity index (χ0) is 19.2. The average Bonchev–Trinajstić information content (AvgIpc) is 2.68. The summed E-state index contributed by atoms with van der Waals surface area (Å²) in [6, 6.07) is 13.3. The summed E-state index contributed by atoms with van der Waals surface area (Å²) in [6.07, 6.45) is 0. The summed E-state index contributed by atoms with van der Waals surface area (Å²) in [4.78, 5) is 16.7. The van der Waals surface area contributed by atoms with Gasteiger partial charge in [-0.3, -0.25) is 9.69 Å². The number of halogens is 2. The van der Waals surface area contributed by atoms with E-state index in [-0.39, 0.29) is 5.91 Å². The normalized spacial score (nSPS) is 14.9. The van der Waals surface area contributed by atoms with E-state index in [0.29, 0.717) is 23.1 Å². The molecule has 5 nitrogen and oxygen atoms in total. The van der Waals surface area contributed by atoms with Gasteiger partial charge >= 0.3 is 0 Å². The lowest BCUT2D eigenvalue weighted by Gasteiger charge is -2.35. The number of hydrogen-bond donors (Lipinski definition) is 1. The van der Waals surface area contributed by atoms with E-state index >= 15 is 0 Å². The molecule has 2 aromatic carbocycles. The third-order valence-corrected chi connectivity index (χ3v) is 5.24. The second kappa shape index (κ2) is 9.31. The molecule has 2 aromatic rings. The maximum atomic E-state index is 12.2. The highest BCUT2D eigenvalue weighted by Gasteiger charge is 2.19. The first-order valence-corrected chi connectivity index (χ1v) is 9.63. The van der Waals surface area contributed by atoms with Gasteiger partial charge in [-0.1, -0.05) is 35.3 Å². The van der Waals surface area contributed by atoms with E-state index in [4.69, 9.17) is 27.9 Å². The molecule has 0 radical (unpaired) electrons. The van der Waals surface area contributed by atoms with E-state index in [2.05, 4.69) is 21.2 Å². The SMILES string of the molecule is COc1cccc(N2CCN(CC(=O)NCc3ccc(Cl)cc3Cl)CC2)c1. The smallest absolute Gasteiger partial charge is 0.234 e. The minimum atomic E-state index is -0.00385. The molecule has 1 aliphatic rings. The van der Waals surface area contributed by atoms with Crippen molar-refractivity contribution in [1.29, 1.82) is 0 Å². The number of anilines is 1. The van der Waals surface area contributed by atoms with Crippen LogP contribution >= 0.6 is 23.2 Å². The van der Waals surface area contributed by atoms with Crippen LogP contribution in [0.1, 0.15) is 5.56 Å². The van der Waals surface area contributed by atoms with E-state index in [1.165, 1.54) is 0 Å². The van der Waals surface area contributed by atoms with Crippen LogP contribution < -0.4 is 15.0 Å². The average molecular weight is 408 g/mol. The highest BCUT2D eigenvalue weighted by molar-refractivity contribution is 6.35. The first kappa shape index (κ1) is 19.8. The molecule has 1 amide bonds. The highest BCUT2D eigenvalue weighted by Crippen LogP contribution is 2.22. The molecule has 0 aliphatic carbocycles. The Labute approximate surface area is 169 Å². The van der Waals surface area contributed by atoms with Gasteiger partial charge in [0.15, 0.2) is 0 Å². The summed E-state index contributed by atoms with van der Waals surface area (Å²) < 4.78 is 5.29. The molecule has 0 bridgehead atoms. The molecule has 144 valence electrons. The monoisotopic (exact) mass is 407 g/mol. The third kappa shape index (κ3) is 5.51. The fourth-order valence-electron chi connectivity index (χ4n) is 3.09. The van der Waals surface area contributed by atoms with Crippen LogP contribution in [0.4, 0.5) is 5.69 Å². The van der Waals surface area contributed by atoms with Gasteiger partial charge in [0.05, 0.1) is 13.7 Å². The van der Waals surface area contributed by atoms with Crippen LogP contribution in [-0.4, -0.2) is 50.6 Å². The van der Waals surface area contributed by atoms with Crippen molar-refractivity contribution in [2.75, 3.05) is 44.7 Å². The maximum absolute atomic E-state index is 12.2. The molecule has 0 aromatic heterocycles. The summed E-state index contributed by atoms with van der Waals surface area (Å²) in [7, 11) is 1.67.